The Morgan fingerprint density at radius 1 is 1.27 bits per heavy atom. The fraction of sp³-hybridized carbons (Fsp3) is 0.538. The second-order valence-electron chi connectivity index (χ2n) is 4.52. The molecule has 0 unspecified atom stereocenters. The number of nitrogens with two attached hydrogens (primary N) is 1. The first-order valence-electron chi connectivity index (χ1n) is 5.87. The Balaban J connectivity index is 2.01. The third-order valence-corrected chi connectivity index (χ3v) is 3.73. The first-order chi connectivity index (χ1) is 7.40. The van der Waals surface area contributed by atoms with Crippen LogP contribution >= 0.6 is 0 Å². The fourth-order valence-corrected chi connectivity index (χ4v) is 3.01. The zero-order chi connectivity index (χ0) is 10.3. The molecule has 1 aromatic carbocycles. The summed E-state index contributed by atoms with van der Waals surface area (Å²) < 4.78 is 5.59. The Morgan fingerprint density at radius 2 is 2.20 bits per heavy atom. The second kappa shape index (κ2) is 3.53. The number of ether oxygens (including phenoxy) is 1. The molecule has 2 aliphatic rings. The van der Waals surface area contributed by atoms with Crippen LogP contribution in [0.5, 0.6) is 5.75 Å². The fourth-order valence-electron chi connectivity index (χ4n) is 3.01. The molecule has 0 fully saturated rings. The third-order valence-electron chi connectivity index (χ3n) is 3.73. The van der Waals surface area contributed by atoms with Gasteiger partial charge < -0.3 is 10.5 Å². The maximum absolute atomic E-state index is 5.65. The maximum Gasteiger partial charge on any atom is 0.122 e. The molecule has 2 heteroatoms. The second-order valence-corrected chi connectivity index (χ2v) is 4.52. The molecule has 1 heterocycles. The Morgan fingerprint density at radius 3 is 3.07 bits per heavy atom. The summed E-state index contributed by atoms with van der Waals surface area (Å²) in [5, 5.41) is 0. The summed E-state index contributed by atoms with van der Waals surface area (Å²) in [7, 11) is 0. The van der Waals surface area contributed by atoms with Crippen molar-refractivity contribution in [1.29, 1.82) is 0 Å². The average molecular weight is 203 g/mol. The van der Waals surface area contributed by atoms with Crippen LogP contribution in [0, 0.1) is 0 Å². The van der Waals surface area contributed by atoms with Crippen molar-refractivity contribution in [1.82, 2.24) is 0 Å². The minimum absolute atomic E-state index is 0.705. The van der Waals surface area contributed by atoms with Crippen molar-refractivity contribution in [2.24, 2.45) is 5.73 Å². The van der Waals surface area contributed by atoms with Gasteiger partial charge in [0.15, 0.2) is 0 Å². The van der Waals surface area contributed by atoms with Gasteiger partial charge in [-0.1, -0.05) is 6.07 Å². The molecule has 0 saturated carbocycles. The highest BCUT2D eigenvalue weighted by Gasteiger charge is 2.27. The van der Waals surface area contributed by atoms with Crippen LogP contribution in [0.15, 0.2) is 12.1 Å². The van der Waals surface area contributed by atoms with Gasteiger partial charge in [0, 0.05) is 12.0 Å². The van der Waals surface area contributed by atoms with Crippen LogP contribution < -0.4 is 10.5 Å². The van der Waals surface area contributed by atoms with Gasteiger partial charge in [-0.15, -0.1) is 0 Å². The van der Waals surface area contributed by atoms with Crippen LogP contribution in [0.2, 0.25) is 0 Å². The van der Waals surface area contributed by atoms with Crippen molar-refractivity contribution >= 4 is 0 Å². The Hall–Kier alpha value is -1.02. The van der Waals surface area contributed by atoms with E-state index in [0.717, 1.165) is 31.7 Å². The maximum atomic E-state index is 5.65. The topological polar surface area (TPSA) is 35.2 Å². The molecule has 0 radical (unpaired) electrons. The van der Waals surface area contributed by atoms with Gasteiger partial charge in [-0.3, -0.25) is 0 Å². The highest BCUT2D eigenvalue weighted by Crippen LogP contribution is 2.41. The highest BCUT2D eigenvalue weighted by molar-refractivity contribution is 5.50. The molecule has 3 rings (SSSR count). The summed E-state index contributed by atoms with van der Waals surface area (Å²) >= 11 is 0. The van der Waals surface area contributed by atoms with E-state index in [1.807, 2.05) is 0 Å². The monoisotopic (exact) mass is 203 g/mol. The molecule has 1 aliphatic heterocycles. The molecular weight excluding hydrogens is 186 g/mol. The predicted octanol–water partition coefficient (Wildman–Crippen LogP) is 2.00. The van der Waals surface area contributed by atoms with E-state index in [1.165, 1.54) is 18.4 Å². The van der Waals surface area contributed by atoms with Gasteiger partial charge in [-0.2, -0.15) is 0 Å². The van der Waals surface area contributed by atoms with Crippen LogP contribution in [-0.2, 0) is 12.8 Å². The Kier molecular flexibility index (Phi) is 2.17. The number of fused-ring (bicyclic) bond motifs is 3. The van der Waals surface area contributed by atoms with Crippen LogP contribution in [0.3, 0.4) is 0 Å². The quantitative estimate of drug-likeness (QED) is 0.798. The summed E-state index contributed by atoms with van der Waals surface area (Å²) in [6.07, 6.45) is 4.75. The molecular formula is C13H17NO. The smallest absolute Gasteiger partial charge is 0.122 e. The first-order valence-corrected chi connectivity index (χ1v) is 5.87. The molecule has 0 amide bonds. The van der Waals surface area contributed by atoms with Crippen molar-refractivity contribution in [3.8, 4) is 5.75 Å². The molecule has 0 aromatic heterocycles. The largest absolute Gasteiger partial charge is 0.493 e. The number of hydrogen-bond donors (Lipinski definition) is 1. The van der Waals surface area contributed by atoms with E-state index in [1.54, 1.807) is 11.1 Å². The van der Waals surface area contributed by atoms with Crippen molar-refractivity contribution in [2.45, 2.75) is 31.6 Å². The van der Waals surface area contributed by atoms with E-state index in [2.05, 4.69) is 12.1 Å². The average Bonchev–Trinajstić information content (AvgIpc) is 2.83. The third kappa shape index (κ3) is 1.36. The van der Waals surface area contributed by atoms with E-state index in [-0.39, 0.29) is 0 Å². The highest BCUT2D eigenvalue weighted by atomic mass is 16.5. The summed E-state index contributed by atoms with van der Waals surface area (Å²) in [6, 6.07) is 4.41. The van der Waals surface area contributed by atoms with Crippen molar-refractivity contribution < 1.29 is 4.74 Å². The van der Waals surface area contributed by atoms with Gasteiger partial charge in [0.25, 0.3) is 0 Å². The lowest BCUT2D eigenvalue weighted by atomic mass is 9.95. The number of rotatable bonds is 2. The minimum Gasteiger partial charge on any atom is -0.493 e. The zero-order valence-corrected chi connectivity index (χ0v) is 8.96. The Labute approximate surface area is 90.4 Å². The van der Waals surface area contributed by atoms with Crippen molar-refractivity contribution in [3.05, 3.63) is 28.8 Å². The van der Waals surface area contributed by atoms with E-state index >= 15 is 0 Å². The lowest BCUT2D eigenvalue weighted by Crippen LogP contribution is -2.04. The SMILES string of the molecule is NCC[C@@H]1CCc2c1ccc1c2CCO1. The van der Waals surface area contributed by atoms with Gasteiger partial charge >= 0.3 is 0 Å². The number of benzene rings is 1. The van der Waals surface area contributed by atoms with Gasteiger partial charge in [0.2, 0.25) is 0 Å². The molecule has 80 valence electrons. The molecule has 0 bridgehead atoms. The van der Waals surface area contributed by atoms with Crippen molar-refractivity contribution in [2.75, 3.05) is 13.2 Å². The predicted molar refractivity (Wildman–Crippen MR) is 60.4 cm³/mol. The van der Waals surface area contributed by atoms with Gasteiger partial charge in [-0.25, -0.2) is 0 Å². The molecule has 0 spiro atoms. The molecule has 2 nitrogen and oxygen atoms in total. The van der Waals surface area contributed by atoms with Crippen LogP contribution in [0.1, 0.15) is 35.4 Å². The molecule has 1 aliphatic carbocycles. The van der Waals surface area contributed by atoms with Gasteiger partial charge in [0.05, 0.1) is 6.61 Å². The molecule has 1 atom stereocenters. The lowest BCUT2D eigenvalue weighted by Gasteiger charge is -2.11. The summed E-state index contributed by atoms with van der Waals surface area (Å²) in [5.41, 5.74) is 10.3. The summed E-state index contributed by atoms with van der Waals surface area (Å²) in [6.45, 7) is 1.67. The molecule has 1 aromatic rings. The van der Waals surface area contributed by atoms with E-state index in [9.17, 15) is 0 Å². The minimum atomic E-state index is 0.705. The van der Waals surface area contributed by atoms with E-state index < -0.39 is 0 Å². The normalized spacial score (nSPS) is 22.3. The Bertz CT molecular complexity index is 386. The standard InChI is InChI=1S/C13H17NO/c14-7-5-9-1-2-11-10(9)3-4-13-12(11)6-8-15-13/h3-4,9H,1-2,5-8,14H2/t9-/m0/s1. The molecule has 15 heavy (non-hydrogen) atoms. The van der Waals surface area contributed by atoms with E-state index in [0.29, 0.717) is 5.92 Å². The van der Waals surface area contributed by atoms with Gasteiger partial charge in [-0.05, 0) is 48.9 Å². The van der Waals surface area contributed by atoms with Crippen LogP contribution in [0.25, 0.3) is 0 Å². The number of hydrogen-bond acceptors (Lipinski definition) is 2. The lowest BCUT2D eigenvalue weighted by molar-refractivity contribution is 0.357. The molecule has 2 N–H and O–H groups in total. The van der Waals surface area contributed by atoms with Crippen LogP contribution in [-0.4, -0.2) is 13.2 Å². The summed E-state index contributed by atoms with van der Waals surface area (Å²) in [4.78, 5) is 0. The zero-order valence-electron chi connectivity index (χ0n) is 8.96. The molecule has 0 saturated heterocycles. The summed E-state index contributed by atoms with van der Waals surface area (Å²) in [5.74, 6) is 1.83. The van der Waals surface area contributed by atoms with Crippen molar-refractivity contribution in [3.63, 3.8) is 0 Å². The van der Waals surface area contributed by atoms with Crippen LogP contribution in [0.4, 0.5) is 0 Å². The first kappa shape index (κ1) is 9.22. The van der Waals surface area contributed by atoms with Gasteiger partial charge in [0.1, 0.15) is 5.75 Å². The van der Waals surface area contributed by atoms with E-state index in [4.69, 9.17) is 10.5 Å².